The molecule has 2 saturated heterocycles. The summed E-state index contributed by atoms with van der Waals surface area (Å²) in [6, 6.07) is 7.70. The smallest absolute Gasteiger partial charge is 0.338 e. The SMILES string of the molecule is CCOC(=O)c1ccc(C[C@H]2CO[C@H]3OCC[C@@H]23)cc1. The maximum atomic E-state index is 11.6. The molecule has 1 aromatic rings. The summed E-state index contributed by atoms with van der Waals surface area (Å²) in [6.45, 7) is 3.80. The van der Waals surface area contributed by atoms with Crippen LogP contribution >= 0.6 is 0 Å². The molecule has 2 heterocycles. The van der Waals surface area contributed by atoms with Crippen molar-refractivity contribution in [3.63, 3.8) is 0 Å². The minimum Gasteiger partial charge on any atom is -0.462 e. The molecular weight excluding hydrogens is 256 g/mol. The van der Waals surface area contributed by atoms with E-state index in [1.54, 1.807) is 0 Å². The largest absolute Gasteiger partial charge is 0.462 e. The second-order valence-electron chi connectivity index (χ2n) is 5.41. The second-order valence-corrected chi connectivity index (χ2v) is 5.41. The van der Waals surface area contributed by atoms with Gasteiger partial charge in [-0.1, -0.05) is 12.1 Å². The Balaban J connectivity index is 1.62. The summed E-state index contributed by atoms with van der Waals surface area (Å²) in [5, 5.41) is 0. The van der Waals surface area contributed by atoms with Crippen LogP contribution in [0.5, 0.6) is 0 Å². The highest BCUT2D eigenvalue weighted by atomic mass is 16.7. The van der Waals surface area contributed by atoms with E-state index in [1.807, 2.05) is 31.2 Å². The van der Waals surface area contributed by atoms with Gasteiger partial charge in [0.05, 0.1) is 25.4 Å². The molecular formula is C16H20O4. The normalized spacial score (nSPS) is 28.4. The van der Waals surface area contributed by atoms with Gasteiger partial charge in [-0.15, -0.1) is 0 Å². The molecule has 0 radical (unpaired) electrons. The van der Waals surface area contributed by atoms with Crippen LogP contribution < -0.4 is 0 Å². The molecule has 0 aromatic heterocycles. The number of rotatable bonds is 4. The summed E-state index contributed by atoms with van der Waals surface area (Å²) in [5.41, 5.74) is 1.85. The van der Waals surface area contributed by atoms with E-state index in [2.05, 4.69) is 0 Å². The summed E-state index contributed by atoms with van der Waals surface area (Å²) in [4.78, 5) is 11.6. The van der Waals surface area contributed by atoms with E-state index in [0.717, 1.165) is 26.1 Å². The van der Waals surface area contributed by atoms with Crippen LogP contribution in [0.4, 0.5) is 0 Å². The Labute approximate surface area is 119 Å². The van der Waals surface area contributed by atoms with Crippen LogP contribution in [0.15, 0.2) is 24.3 Å². The van der Waals surface area contributed by atoms with Gasteiger partial charge in [-0.3, -0.25) is 0 Å². The molecule has 0 amide bonds. The molecule has 108 valence electrons. The summed E-state index contributed by atoms with van der Waals surface area (Å²) >= 11 is 0. The first-order valence-electron chi connectivity index (χ1n) is 7.27. The fraction of sp³-hybridized carbons (Fsp3) is 0.562. The molecule has 0 aliphatic carbocycles. The van der Waals surface area contributed by atoms with Crippen molar-refractivity contribution in [2.24, 2.45) is 11.8 Å². The fourth-order valence-electron chi connectivity index (χ4n) is 3.06. The number of esters is 1. The van der Waals surface area contributed by atoms with E-state index in [4.69, 9.17) is 14.2 Å². The molecule has 2 aliphatic heterocycles. The van der Waals surface area contributed by atoms with E-state index >= 15 is 0 Å². The number of benzene rings is 1. The van der Waals surface area contributed by atoms with E-state index in [-0.39, 0.29) is 12.3 Å². The van der Waals surface area contributed by atoms with Gasteiger partial charge in [0, 0.05) is 5.92 Å². The van der Waals surface area contributed by atoms with Crippen LogP contribution in [-0.2, 0) is 20.6 Å². The standard InChI is InChI=1S/C16H20O4/c1-2-18-15(17)12-5-3-11(4-6-12)9-13-10-20-16-14(13)7-8-19-16/h3-6,13-14,16H,2,7-10H2,1H3/t13-,14-,16+/m0/s1. The lowest BCUT2D eigenvalue weighted by Crippen LogP contribution is -2.17. The Morgan fingerprint density at radius 1 is 1.30 bits per heavy atom. The third-order valence-corrected chi connectivity index (χ3v) is 4.13. The maximum absolute atomic E-state index is 11.6. The lowest BCUT2D eigenvalue weighted by molar-refractivity contribution is -0.0905. The van der Waals surface area contributed by atoms with Crippen LogP contribution in [0.2, 0.25) is 0 Å². The topological polar surface area (TPSA) is 44.8 Å². The van der Waals surface area contributed by atoms with Crippen molar-refractivity contribution < 1.29 is 19.0 Å². The van der Waals surface area contributed by atoms with Crippen LogP contribution in [0, 0.1) is 11.8 Å². The van der Waals surface area contributed by atoms with Gasteiger partial charge in [0.15, 0.2) is 6.29 Å². The third-order valence-electron chi connectivity index (χ3n) is 4.13. The fourth-order valence-corrected chi connectivity index (χ4v) is 3.06. The van der Waals surface area contributed by atoms with Crippen molar-refractivity contribution >= 4 is 5.97 Å². The van der Waals surface area contributed by atoms with Crippen molar-refractivity contribution in [1.82, 2.24) is 0 Å². The van der Waals surface area contributed by atoms with Crippen LogP contribution in [-0.4, -0.2) is 32.1 Å². The van der Waals surface area contributed by atoms with Crippen molar-refractivity contribution in [2.45, 2.75) is 26.1 Å². The lowest BCUT2D eigenvalue weighted by Gasteiger charge is -2.14. The third kappa shape index (κ3) is 2.72. The van der Waals surface area contributed by atoms with E-state index < -0.39 is 0 Å². The van der Waals surface area contributed by atoms with Gasteiger partial charge >= 0.3 is 5.97 Å². The van der Waals surface area contributed by atoms with Crippen molar-refractivity contribution in [3.8, 4) is 0 Å². The van der Waals surface area contributed by atoms with Gasteiger partial charge in [-0.05, 0) is 43.4 Å². The van der Waals surface area contributed by atoms with Gasteiger partial charge in [0.1, 0.15) is 0 Å². The number of carbonyl (C=O) groups excluding carboxylic acids is 1. The number of ether oxygens (including phenoxy) is 3. The predicted octanol–water partition coefficient (Wildman–Crippen LogP) is 2.41. The quantitative estimate of drug-likeness (QED) is 0.792. The van der Waals surface area contributed by atoms with Gasteiger partial charge < -0.3 is 14.2 Å². The zero-order chi connectivity index (χ0) is 13.9. The van der Waals surface area contributed by atoms with Gasteiger partial charge in [-0.2, -0.15) is 0 Å². The molecule has 2 fully saturated rings. The van der Waals surface area contributed by atoms with Crippen LogP contribution in [0.3, 0.4) is 0 Å². The Bertz CT molecular complexity index is 468. The molecule has 2 aliphatic rings. The highest BCUT2D eigenvalue weighted by Crippen LogP contribution is 2.37. The Hall–Kier alpha value is -1.39. The van der Waals surface area contributed by atoms with Gasteiger partial charge in [0.25, 0.3) is 0 Å². The number of carbonyl (C=O) groups is 1. The summed E-state index contributed by atoms with van der Waals surface area (Å²) in [7, 11) is 0. The molecule has 0 unspecified atom stereocenters. The number of hydrogen-bond acceptors (Lipinski definition) is 4. The highest BCUT2D eigenvalue weighted by Gasteiger charge is 2.41. The van der Waals surface area contributed by atoms with E-state index in [9.17, 15) is 4.79 Å². The second kappa shape index (κ2) is 5.94. The van der Waals surface area contributed by atoms with Crippen LogP contribution in [0.1, 0.15) is 29.3 Å². The Kier molecular flexibility index (Phi) is 4.03. The lowest BCUT2D eigenvalue weighted by atomic mass is 9.88. The first-order chi connectivity index (χ1) is 9.78. The van der Waals surface area contributed by atoms with Crippen molar-refractivity contribution in [2.75, 3.05) is 19.8 Å². The Morgan fingerprint density at radius 2 is 2.10 bits per heavy atom. The number of fused-ring (bicyclic) bond motifs is 1. The minimum absolute atomic E-state index is 0.0128. The maximum Gasteiger partial charge on any atom is 0.338 e. The molecule has 0 N–H and O–H groups in total. The predicted molar refractivity (Wildman–Crippen MR) is 73.4 cm³/mol. The molecule has 20 heavy (non-hydrogen) atoms. The average Bonchev–Trinajstić information content (AvgIpc) is 3.05. The van der Waals surface area contributed by atoms with Gasteiger partial charge in [-0.25, -0.2) is 4.79 Å². The molecule has 4 nitrogen and oxygen atoms in total. The summed E-state index contributed by atoms with van der Waals surface area (Å²) < 4.78 is 16.2. The zero-order valence-corrected chi connectivity index (χ0v) is 11.7. The zero-order valence-electron chi connectivity index (χ0n) is 11.7. The molecule has 3 rings (SSSR count). The molecule has 3 atom stereocenters. The minimum atomic E-state index is -0.257. The van der Waals surface area contributed by atoms with E-state index in [1.165, 1.54) is 5.56 Å². The summed E-state index contributed by atoms with van der Waals surface area (Å²) in [6.07, 6.45) is 2.09. The molecule has 0 saturated carbocycles. The van der Waals surface area contributed by atoms with Crippen molar-refractivity contribution in [1.29, 1.82) is 0 Å². The highest BCUT2D eigenvalue weighted by molar-refractivity contribution is 5.89. The Morgan fingerprint density at radius 3 is 2.85 bits per heavy atom. The molecule has 0 bridgehead atoms. The molecule has 4 heteroatoms. The van der Waals surface area contributed by atoms with Crippen LogP contribution in [0.25, 0.3) is 0 Å². The molecule has 1 aromatic carbocycles. The monoisotopic (exact) mass is 276 g/mol. The first kappa shape index (κ1) is 13.6. The molecule has 0 spiro atoms. The van der Waals surface area contributed by atoms with Crippen molar-refractivity contribution in [3.05, 3.63) is 35.4 Å². The van der Waals surface area contributed by atoms with Gasteiger partial charge in [0.2, 0.25) is 0 Å². The van der Waals surface area contributed by atoms with E-state index in [0.29, 0.717) is 24.0 Å². The first-order valence-corrected chi connectivity index (χ1v) is 7.27. The summed E-state index contributed by atoms with van der Waals surface area (Å²) in [5.74, 6) is 0.795. The average molecular weight is 276 g/mol. The number of hydrogen-bond donors (Lipinski definition) is 0.